The van der Waals surface area contributed by atoms with Gasteiger partial charge in [-0.1, -0.05) is 151 Å². The molecule has 0 aliphatic carbocycles. The molecular weight excluding hydrogens is 1620 g/mol. The molecule has 14 amide bonds. The van der Waals surface area contributed by atoms with E-state index in [0.29, 0.717) is 16.7 Å². The van der Waals surface area contributed by atoms with Crippen molar-refractivity contribution < 1.29 is 122 Å². The second-order valence-electron chi connectivity index (χ2n) is 31.0. The van der Waals surface area contributed by atoms with Gasteiger partial charge in [-0.2, -0.15) is 0 Å². The van der Waals surface area contributed by atoms with Crippen molar-refractivity contribution in [3.63, 3.8) is 0 Å². The first-order valence-electron chi connectivity index (χ1n) is 40.8. The molecule has 2 aliphatic heterocycles. The lowest BCUT2D eigenvalue weighted by Crippen LogP contribution is -2.62. The SMILES string of the molecule is CC[C@H](C)[C@@H]1NC(=O)[C@H](CC(=O)O)NC(=O)[C@H](Cc2ccccc2)NC(=O)[C@H](CC(=O)O)NC(=O)[C@@H](CC(=O)O)NC(=O)[C@@H](c2ccc(-c3ccccc3)cc2)NC(=O)[C@H]2CCCN2C(=O)CNC(=O)[C@@H](CCC(=O)O)NC(=O)[C@@H](Cc2ccc(O)cc2)NC(=O)[C@H](CCCCN)NC(=O)[C@@H](CC(C)C)NC(=O)[C@@H](CC(=O)O)NC(=O)[C@H]([C@@H](C)CC)NC1=O. The molecule has 40 heteroatoms. The molecule has 21 N–H and O–H groups in total. The zero-order valence-electron chi connectivity index (χ0n) is 69.5. The number of benzene rings is 4. The number of nitrogens with zero attached hydrogens (tertiary/aromatic N) is 1. The predicted molar refractivity (Wildman–Crippen MR) is 441 cm³/mol. The Morgan fingerprint density at radius 3 is 1.26 bits per heavy atom. The summed E-state index contributed by atoms with van der Waals surface area (Å²) < 4.78 is 0. The fourth-order valence-corrected chi connectivity index (χ4v) is 13.8. The van der Waals surface area contributed by atoms with Crippen LogP contribution in [0.25, 0.3) is 11.1 Å². The maximum atomic E-state index is 15.0. The monoisotopic (exact) mass is 1730 g/mol. The zero-order chi connectivity index (χ0) is 91.6. The van der Waals surface area contributed by atoms with Crippen LogP contribution in [0.5, 0.6) is 5.75 Å². The van der Waals surface area contributed by atoms with E-state index < -0.39 is 267 Å². The normalized spacial score (nSPS) is 24.0. The van der Waals surface area contributed by atoms with Crippen LogP contribution in [0.15, 0.2) is 109 Å². The smallest absolute Gasteiger partial charge is 0.305 e. The molecule has 4 aromatic rings. The number of hydrogen-bond donors (Lipinski definition) is 20. The third kappa shape index (κ3) is 31.5. The Kier molecular flexibility index (Phi) is 39.2. The zero-order valence-corrected chi connectivity index (χ0v) is 69.5. The molecule has 0 unspecified atom stereocenters. The summed E-state index contributed by atoms with van der Waals surface area (Å²) in [5.41, 5.74) is 7.72. The third-order valence-electron chi connectivity index (χ3n) is 20.9. The molecule has 0 bridgehead atoms. The minimum atomic E-state index is -2.26. The van der Waals surface area contributed by atoms with Crippen molar-refractivity contribution in [1.82, 2.24) is 74.0 Å². The van der Waals surface area contributed by atoms with Gasteiger partial charge in [0.2, 0.25) is 82.7 Å². The van der Waals surface area contributed by atoms with Gasteiger partial charge in [0.15, 0.2) is 0 Å². The number of nitrogens with two attached hydrogens (primary N) is 1. The summed E-state index contributed by atoms with van der Waals surface area (Å²) in [7, 11) is 0. The first-order valence-corrected chi connectivity index (χ1v) is 40.8. The van der Waals surface area contributed by atoms with Gasteiger partial charge in [0.1, 0.15) is 84.3 Å². The van der Waals surface area contributed by atoms with Crippen molar-refractivity contribution in [3.8, 4) is 16.9 Å². The van der Waals surface area contributed by atoms with Crippen molar-refractivity contribution in [2.24, 2.45) is 23.5 Å². The topological polar surface area (TPSA) is 631 Å². The highest BCUT2D eigenvalue weighted by molar-refractivity contribution is 6.03. The van der Waals surface area contributed by atoms with Crippen LogP contribution in [-0.4, -0.2) is 240 Å². The van der Waals surface area contributed by atoms with E-state index in [1.165, 1.54) is 74.5 Å². The molecule has 40 nitrogen and oxygen atoms in total. The van der Waals surface area contributed by atoms with Gasteiger partial charge < -0.3 is 110 Å². The molecule has 2 aliphatic rings. The highest BCUT2D eigenvalue weighted by Gasteiger charge is 2.43. The summed E-state index contributed by atoms with van der Waals surface area (Å²) in [5.74, 6) is -27.5. The van der Waals surface area contributed by atoms with Gasteiger partial charge in [-0.05, 0) is 109 Å². The van der Waals surface area contributed by atoms with Crippen LogP contribution in [-0.2, 0) is 104 Å². The lowest BCUT2D eigenvalue weighted by Gasteiger charge is -2.31. The largest absolute Gasteiger partial charge is 0.508 e. The quantitative estimate of drug-likeness (QED) is 0.0325. The van der Waals surface area contributed by atoms with Gasteiger partial charge in [-0.15, -0.1) is 0 Å². The van der Waals surface area contributed by atoms with Gasteiger partial charge in [-0.25, -0.2) is 0 Å². The summed E-state index contributed by atoms with van der Waals surface area (Å²) in [5, 5.41) is 92.4. The Balaban J connectivity index is 1.47. The lowest BCUT2D eigenvalue weighted by molar-refractivity contribution is -0.144. The highest BCUT2D eigenvalue weighted by atomic mass is 16.4. The fraction of sp³-hybridized carbons (Fsp3) is 0.488. The number of rotatable bonds is 27. The lowest BCUT2D eigenvalue weighted by atomic mass is 9.94. The number of unbranched alkanes of at least 4 members (excludes halogenated alkanes) is 1. The molecule has 4 aromatic carbocycles. The standard InChI is InChI=1S/C84H111N15O25/c1-7-45(5)69-82(122)94-59(40-66(106)107)78(118)89-55(36-44(3)4)74(114)87-53(22-15-16-34-85)73(113)90-57(38-48-24-30-52(100)31-25-48)75(115)88-54(32-33-64(102)103)72(112)86-43-63(101)99-35-17-23-62(99)81(121)98-71(51-28-26-50(27-29-51)49-20-13-10-14-21-49)84(124)95-60(41-67(108)109)79(119)92-58(39-65(104)105)77(117)91-56(37-47-18-11-9-12-19-47)76(116)93-61(42-68(110)111)80(120)96-70(46(6)8-2)83(123)97-69/h9-14,18-21,24-31,44-46,53-62,69-71,100H,7-8,15-17,22-23,32-43,85H2,1-6H3,(H,86,112)(H,87,114)(H,88,115)(H,89,118)(H,90,113)(H,91,117)(H,92,119)(H,93,116)(H,94,122)(H,95,124)(H,96,120)(H,97,123)(H,98,121)(H,102,103)(H,104,105)(H,106,107)(H,108,109)(H,110,111)/t45-,46-,53-,54+,55+,56-,57+,58-,59+,60+,61-,62+,69-,70-,71+/m0/s1. The van der Waals surface area contributed by atoms with E-state index in [1.807, 2.05) is 0 Å². The first kappa shape index (κ1) is 99.4. The number of carbonyl (C=O) groups is 19. The van der Waals surface area contributed by atoms with Crippen LogP contribution in [0.2, 0.25) is 0 Å². The second kappa shape index (κ2) is 48.9. The second-order valence-corrected chi connectivity index (χ2v) is 31.0. The molecule has 2 saturated heterocycles. The van der Waals surface area contributed by atoms with E-state index in [4.69, 9.17) is 5.73 Å². The van der Waals surface area contributed by atoms with Crippen LogP contribution in [0.1, 0.15) is 154 Å². The Morgan fingerprint density at radius 2 is 0.790 bits per heavy atom. The number of fused-ring (bicyclic) bond motifs is 1. The molecule has 15 atom stereocenters. The van der Waals surface area contributed by atoms with E-state index in [1.54, 1.807) is 76.2 Å². The number of carboxylic acid groups (broad SMARTS) is 5. The predicted octanol–water partition coefficient (Wildman–Crippen LogP) is -0.814. The number of phenols is 1. The number of carboxylic acids is 5. The van der Waals surface area contributed by atoms with Crippen molar-refractivity contribution in [2.45, 2.75) is 223 Å². The minimum absolute atomic E-state index is 0.00437. The van der Waals surface area contributed by atoms with E-state index in [9.17, 15) is 122 Å². The molecule has 124 heavy (non-hydrogen) atoms. The Morgan fingerprint density at radius 1 is 0.403 bits per heavy atom. The summed E-state index contributed by atoms with van der Waals surface area (Å²) in [6, 6.07) is 3.66. The van der Waals surface area contributed by atoms with Crippen molar-refractivity contribution in [2.75, 3.05) is 19.6 Å². The summed E-state index contributed by atoms with van der Waals surface area (Å²) in [4.78, 5) is 269. The van der Waals surface area contributed by atoms with E-state index in [0.717, 1.165) is 4.90 Å². The first-order chi connectivity index (χ1) is 58.8. The van der Waals surface area contributed by atoms with E-state index in [-0.39, 0.29) is 81.3 Å². The number of aliphatic carboxylic acids is 5. The molecule has 6 rings (SSSR count). The average Bonchev–Trinajstić information content (AvgIpc) is 1.44. The average molecular weight is 1730 g/mol. The maximum absolute atomic E-state index is 15.0. The molecule has 2 heterocycles. The number of carbonyl (C=O) groups excluding carboxylic acids is 14. The Labute approximate surface area is 714 Å². The van der Waals surface area contributed by atoms with Crippen LogP contribution >= 0.6 is 0 Å². The van der Waals surface area contributed by atoms with E-state index in [2.05, 4.69) is 69.1 Å². The van der Waals surface area contributed by atoms with Gasteiger partial charge >= 0.3 is 29.8 Å². The van der Waals surface area contributed by atoms with Crippen LogP contribution in [0.3, 0.4) is 0 Å². The maximum Gasteiger partial charge on any atom is 0.305 e. The van der Waals surface area contributed by atoms with Crippen molar-refractivity contribution in [1.29, 1.82) is 0 Å². The highest BCUT2D eigenvalue weighted by Crippen LogP contribution is 2.26. The van der Waals surface area contributed by atoms with Crippen LogP contribution in [0, 0.1) is 17.8 Å². The van der Waals surface area contributed by atoms with E-state index >= 15 is 0 Å². The van der Waals surface area contributed by atoms with Gasteiger partial charge in [0.25, 0.3) is 0 Å². The van der Waals surface area contributed by atoms with Gasteiger partial charge in [-0.3, -0.25) is 91.1 Å². The van der Waals surface area contributed by atoms with Crippen molar-refractivity contribution in [3.05, 3.63) is 126 Å². The summed E-state index contributed by atoms with van der Waals surface area (Å²) >= 11 is 0. The minimum Gasteiger partial charge on any atom is -0.508 e. The van der Waals surface area contributed by atoms with Gasteiger partial charge in [0.05, 0.1) is 32.2 Å². The Hall–Kier alpha value is -13.4. The van der Waals surface area contributed by atoms with Crippen LogP contribution < -0.4 is 74.9 Å². The number of phenolic OH excluding ortho intramolecular Hbond substituents is 1. The third-order valence-corrected chi connectivity index (χ3v) is 20.9. The summed E-state index contributed by atoms with van der Waals surface area (Å²) in [6.45, 7) is 8.51. The number of nitrogens with one attached hydrogen (secondary N) is 13. The van der Waals surface area contributed by atoms with Gasteiger partial charge in [0, 0.05) is 25.8 Å². The molecule has 0 saturated carbocycles. The fourth-order valence-electron chi connectivity index (χ4n) is 13.8. The molecular formula is C84H111N15O25. The number of aromatic hydroxyl groups is 1. The summed E-state index contributed by atoms with van der Waals surface area (Å²) in [6.07, 6.45) is -6.99. The number of hydrogen-bond acceptors (Lipinski definition) is 21. The molecule has 0 spiro atoms. The Bertz CT molecular complexity index is 4460. The van der Waals surface area contributed by atoms with Crippen molar-refractivity contribution >= 4 is 113 Å². The molecule has 0 radical (unpaired) electrons. The molecule has 2 fully saturated rings. The molecule has 0 aromatic heterocycles. The number of amides is 14. The molecule has 672 valence electrons. The van der Waals surface area contributed by atoms with Crippen LogP contribution in [0.4, 0.5) is 0 Å².